The first kappa shape index (κ1) is 11.8. The molecule has 0 aliphatic heterocycles. The van der Waals surface area contributed by atoms with Crippen LogP contribution in [-0.4, -0.2) is 25.0 Å². The zero-order chi connectivity index (χ0) is 12.1. The maximum absolute atomic E-state index is 4.29. The Kier molecular flexibility index (Phi) is 3.87. The van der Waals surface area contributed by atoms with Gasteiger partial charge in [0.2, 0.25) is 0 Å². The van der Waals surface area contributed by atoms with E-state index in [1.807, 2.05) is 10.9 Å². The molecule has 0 saturated carbocycles. The predicted molar refractivity (Wildman–Crippen MR) is 64.2 cm³/mol. The van der Waals surface area contributed by atoms with Gasteiger partial charge in [-0.3, -0.25) is 9.78 Å². The molecule has 17 heavy (non-hydrogen) atoms. The van der Waals surface area contributed by atoms with Crippen molar-refractivity contribution in [3.63, 3.8) is 0 Å². The number of nitrogens with one attached hydrogen (secondary N) is 2. The molecule has 0 aliphatic carbocycles. The third-order valence-electron chi connectivity index (χ3n) is 2.60. The van der Waals surface area contributed by atoms with Gasteiger partial charge in [0.25, 0.3) is 0 Å². The number of hydrogen-bond acceptors (Lipinski definition) is 4. The van der Waals surface area contributed by atoms with Crippen molar-refractivity contribution >= 4 is 0 Å². The maximum Gasteiger partial charge on any atom is 0.141 e. The standard InChI is InChI=1S/C11H18N6/c1-3-4-17-7-10(6-15-17)5-12-9(2)11-13-8-14-16-11/h6-9,12H,3-5H2,1-2H3,(H,13,14,16). The van der Waals surface area contributed by atoms with Crippen molar-refractivity contribution in [2.45, 2.75) is 39.4 Å². The highest BCUT2D eigenvalue weighted by Crippen LogP contribution is 2.06. The lowest BCUT2D eigenvalue weighted by atomic mass is 10.3. The lowest BCUT2D eigenvalue weighted by Gasteiger charge is -2.09. The first-order valence-electron chi connectivity index (χ1n) is 5.89. The van der Waals surface area contributed by atoms with Gasteiger partial charge < -0.3 is 5.32 Å². The van der Waals surface area contributed by atoms with Crippen LogP contribution in [0.25, 0.3) is 0 Å². The molecule has 2 aromatic rings. The van der Waals surface area contributed by atoms with Crippen LogP contribution in [0, 0.1) is 0 Å². The number of nitrogens with zero attached hydrogens (tertiary/aromatic N) is 4. The van der Waals surface area contributed by atoms with Crippen LogP contribution in [0.2, 0.25) is 0 Å². The van der Waals surface area contributed by atoms with Gasteiger partial charge in [0.05, 0.1) is 12.2 Å². The summed E-state index contributed by atoms with van der Waals surface area (Å²) in [4.78, 5) is 4.11. The molecule has 2 rings (SSSR count). The van der Waals surface area contributed by atoms with Gasteiger partial charge in [0, 0.05) is 24.8 Å². The lowest BCUT2D eigenvalue weighted by molar-refractivity contribution is 0.547. The smallest absolute Gasteiger partial charge is 0.141 e. The van der Waals surface area contributed by atoms with E-state index in [2.05, 4.69) is 45.6 Å². The second-order valence-electron chi connectivity index (χ2n) is 4.08. The molecule has 0 fully saturated rings. The van der Waals surface area contributed by atoms with E-state index in [1.165, 1.54) is 11.9 Å². The van der Waals surface area contributed by atoms with Crippen LogP contribution in [0.3, 0.4) is 0 Å². The van der Waals surface area contributed by atoms with Crippen molar-refractivity contribution in [3.8, 4) is 0 Å². The number of aromatic amines is 1. The van der Waals surface area contributed by atoms with Crippen LogP contribution in [0.4, 0.5) is 0 Å². The number of rotatable bonds is 6. The summed E-state index contributed by atoms with van der Waals surface area (Å²) in [6.07, 6.45) is 6.59. The SMILES string of the molecule is CCCn1cc(CNC(C)c2ncn[nH]2)cn1. The van der Waals surface area contributed by atoms with Crippen molar-refractivity contribution < 1.29 is 0 Å². The third kappa shape index (κ3) is 3.13. The summed E-state index contributed by atoms with van der Waals surface area (Å²) in [5.41, 5.74) is 1.19. The van der Waals surface area contributed by atoms with Gasteiger partial charge in [-0.25, -0.2) is 4.98 Å². The van der Waals surface area contributed by atoms with Crippen molar-refractivity contribution in [3.05, 3.63) is 30.1 Å². The van der Waals surface area contributed by atoms with E-state index in [0.717, 1.165) is 25.3 Å². The van der Waals surface area contributed by atoms with E-state index in [-0.39, 0.29) is 6.04 Å². The van der Waals surface area contributed by atoms with Crippen LogP contribution < -0.4 is 5.32 Å². The number of aryl methyl sites for hydroxylation is 1. The Morgan fingerprint density at radius 2 is 2.41 bits per heavy atom. The van der Waals surface area contributed by atoms with Gasteiger partial charge in [0.15, 0.2) is 0 Å². The van der Waals surface area contributed by atoms with E-state index < -0.39 is 0 Å². The fourth-order valence-corrected chi connectivity index (χ4v) is 1.64. The van der Waals surface area contributed by atoms with E-state index in [9.17, 15) is 0 Å². The van der Waals surface area contributed by atoms with Gasteiger partial charge in [-0.15, -0.1) is 0 Å². The Morgan fingerprint density at radius 1 is 1.53 bits per heavy atom. The Morgan fingerprint density at radius 3 is 3.12 bits per heavy atom. The molecule has 2 N–H and O–H groups in total. The topological polar surface area (TPSA) is 71.4 Å². The molecule has 6 nitrogen and oxygen atoms in total. The molecule has 2 heterocycles. The zero-order valence-corrected chi connectivity index (χ0v) is 10.2. The quantitative estimate of drug-likeness (QED) is 0.789. The van der Waals surface area contributed by atoms with E-state index in [1.54, 1.807) is 0 Å². The summed E-state index contributed by atoms with van der Waals surface area (Å²) >= 11 is 0. The van der Waals surface area contributed by atoms with Gasteiger partial charge in [-0.05, 0) is 13.3 Å². The molecule has 1 unspecified atom stereocenters. The van der Waals surface area contributed by atoms with Crippen molar-refractivity contribution in [1.29, 1.82) is 0 Å². The minimum absolute atomic E-state index is 0.159. The molecule has 0 amide bonds. The van der Waals surface area contributed by atoms with Crippen LogP contribution in [0.1, 0.15) is 37.7 Å². The molecule has 0 aromatic carbocycles. The van der Waals surface area contributed by atoms with Gasteiger partial charge in [0.1, 0.15) is 12.2 Å². The normalized spacial score (nSPS) is 12.8. The second-order valence-corrected chi connectivity index (χ2v) is 4.08. The summed E-state index contributed by atoms with van der Waals surface area (Å²) in [7, 11) is 0. The summed E-state index contributed by atoms with van der Waals surface area (Å²) in [6.45, 7) is 5.95. The number of H-pyrrole nitrogens is 1. The number of aromatic nitrogens is 5. The predicted octanol–water partition coefficient (Wildman–Crippen LogP) is 1.26. The van der Waals surface area contributed by atoms with Gasteiger partial charge in [-0.1, -0.05) is 6.92 Å². The molecule has 0 saturated heterocycles. The average Bonchev–Trinajstić information content (AvgIpc) is 2.97. The third-order valence-corrected chi connectivity index (χ3v) is 2.60. The summed E-state index contributed by atoms with van der Waals surface area (Å²) in [5.74, 6) is 0.853. The lowest BCUT2D eigenvalue weighted by Crippen LogP contribution is -2.19. The Labute approximate surface area is 100 Å². The Hall–Kier alpha value is -1.69. The molecule has 0 bridgehead atoms. The molecule has 6 heteroatoms. The fraction of sp³-hybridized carbons (Fsp3) is 0.545. The molecular weight excluding hydrogens is 216 g/mol. The highest BCUT2D eigenvalue weighted by molar-refractivity contribution is 5.04. The highest BCUT2D eigenvalue weighted by Gasteiger charge is 2.07. The van der Waals surface area contributed by atoms with E-state index >= 15 is 0 Å². The van der Waals surface area contributed by atoms with Crippen LogP contribution >= 0.6 is 0 Å². The average molecular weight is 234 g/mol. The Balaban J connectivity index is 1.84. The van der Waals surface area contributed by atoms with E-state index in [0.29, 0.717) is 0 Å². The summed E-state index contributed by atoms with van der Waals surface area (Å²) < 4.78 is 1.97. The van der Waals surface area contributed by atoms with Crippen molar-refractivity contribution in [1.82, 2.24) is 30.3 Å². The fourth-order valence-electron chi connectivity index (χ4n) is 1.64. The monoisotopic (exact) mass is 234 g/mol. The van der Waals surface area contributed by atoms with Crippen LogP contribution in [0.5, 0.6) is 0 Å². The molecular formula is C11H18N6. The number of hydrogen-bond donors (Lipinski definition) is 2. The minimum atomic E-state index is 0.159. The zero-order valence-electron chi connectivity index (χ0n) is 10.2. The first-order chi connectivity index (χ1) is 8.29. The molecule has 1 atom stereocenters. The van der Waals surface area contributed by atoms with Crippen LogP contribution in [-0.2, 0) is 13.1 Å². The molecule has 2 aromatic heterocycles. The van der Waals surface area contributed by atoms with Crippen molar-refractivity contribution in [2.75, 3.05) is 0 Å². The summed E-state index contributed by atoms with van der Waals surface area (Å²) in [5, 5.41) is 14.3. The van der Waals surface area contributed by atoms with E-state index in [4.69, 9.17) is 0 Å². The van der Waals surface area contributed by atoms with Crippen molar-refractivity contribution in [2.24, 2.45) is 0 Å². The Bertz CT molecular complexity index is 433. The van der Waals surface area contributed by atoms with Crippen LogP contribution in [0.15, 0.2) is 18.7 Å². The minimum Gasteiger partial charge on any atom is -0.303 e. The highest BCUT2D eigenvalue weighted by atomic mass is 15.3. The molecule has 92 valence electrons. The maximum atomic E-state index is 4.29. The summed E-state index contributed by atoms with van der Waals surface area (Å²) in [6, 6.07) is 0.159. The second kappa shape index (κ2) is 5.58. The molecule has 0 aliphatic rings. The van der Waals surface area contributed by atoms with Gasteiger partial charge >= 0.3 is 0 Å². The largest absolute Gasteiger partial charge is 0.303 e. The van der Waals surface area contributed by atoms with Gasteiger partial charge in [-0.2, -0.15) is 10.2 Å². The first-order valence-corrected chi connectivity index (χ1v) is 5.89. The molecule has 0 spiro atoms. The molecule has 0 radical (unpaired) electrons.